The maximum absolute atomic E-state index is 12.5. The normalized spacial score (nSPS) is 15.7. The smallest absolute Gasteiger partial charge is 0.355 e. The van der Waals surface area contributed by atoms with Crippen molar-refractivity contribution in [3.05, 3.63) is 18.0 Å². The lowest BCUT2D eigenvalue weighted by atomic mass is 10.3. The molecule has 0 spiro atoms. The van der Waals surface area contributed by atoms with Gasteiger partial charge in [-0.1, -0.05) is 13.3 Å². The molecule has 0 unspecified atom stereocenters. The van der Waals surface area contributed by atoms with Crippen LogP contribution in [0.2, 0.25) is 0 Å². The van der Waals surface area contributed by atoms with Gasteiger partial charge in [0.15, 0.2) is 6.61 Å². The van der Waals surface area contributed by atoms with Crippen LogP contribution in [0.15, 0.2) is 17.2 Å². The van der Waals surface area contributed by atoms with Crippen molar-refractivity contribution in [3.8, 4) is 0 Å². The summed E-state index contributed by atoms with van der Waals surface area (Å²) < 4.78 is 36.3. The second-order valence-corrected chi connectivity index (χ2v) is 7.48. The van der Waals surface area contributed by atoms with Gasteiger partial charge in [0.05, 0.1) is 13.2 Å². The molecule has 0 aliphatic carbocycles. The highest BCUT2D eigenvalue weighted by Crippen LogP contribution is 2.18. The van der Waals surface area contributed by atoms with Gasteiger partial charge in [-0.15, -0.1) is 0 Å². The van der Waals surface area contributed by atoms with Gasteiger partial charge in [-0.3, -0.25) is 4.79 Å². The van der Waals surface area contributed by atoms with Crippen LogP contribution >= 0.6 is 0 Å². The van der Waals surface area contributed by atoms with E-state index in [1.165, 1.54) is 16.6 Å². The van der Waals surface area contributed by atoms with Gasteiger partial charge in [-0.2, -0.15) is 4.31 Å². The van der Waals surface area contributed by atoms with E-state index >= 15 is 0 Å². The highest BCUT2D eigenvalue weighted by Gasteiger charge is 2.28. The molecule has 1 aliphatic rings. The average Bonchev–Trinajstić information content (AvgIpc) is 3.12. The summed E-state index contributed by atoms with van der Waals surface area (Å²) in [6.07, 6.45) is 3.03. The lowest BCUT2D eigenvalue weighted by Crippen LogP contribution is -2.40. The molecule has 1 fully saturated rings. The molecule has 0 bridgehead atoms. The summed E-state index contributed by atoms with van der Waals surface area (Å²) in [5.41, 5.74) is -0.0202. The molecule has 1 saturated heterocycles. The van der Waals surface area contributed by atoms with Crippen molar-refractivity contribution < 1.29 is 27.5 Å². The minimum atomic E-state index is -3.69. The topological polar surface area (TPSA) is 118 Å². The van der Waals surface area contributed by atoms with Gasteiger partial charge in [0.2, 0.25) is 10.0 Å². The number of sulfonamides is 1. The zero-order valence-electron chi connectivity index (χ0n) is 14.1. The molecular weight excluding hydrogens is 350 g/mol. The van der Waals surface area contributed by atoms with Gasteiger partial charge < -0.3 is 19.8 Å². The molecule has 2 N–H and O–H groups in total. The van der Waals surface area contributed by atoms with Crippen molar-refractivity contribution in [2.75, 3.05) is 39.5 Å². The van der Waals surface area contributed by atoms with E-state index in [1.807, 2.05) is 6.92 Å². The number of aromatic nitrogens is 1. The Kier molecular flexibility index (Phi) is 6.97. The van der Waals surface area contributed by atoms with Crippen LogP contribution in [0.25, 0.3) is 0 Å². The van der Waals surface area contributed by atoms with Crippen molar-refractivity contribution in [2.24, 2.45) is 0 Å². The Hall–Kier alpha value is -1.91. The van der Waals surface area contributed by atoms with E-state index < -0.39 is 28.5 Å². The largest absolute Gasteiger partial charge is 0.451 e. The third kappa shape index (κ3) is 5.28. The fraction of sp³-hybridized carbons (Fsp3) is 0.600. The molecule has 0 aromatic carbocycles. The van der Waals surface area contributed by atoms with E-state index in [0.717, 1.165) is 12.8 Å². The third-order valence-electron chi connectivity index (χ3n) is 3.67. The standard InChI is InChI=1S/C15H23N3O6S/c1-2-3-4-16-14(19)11-24-15(20)13-9-12(10-17-13)25(21,22)18-5-7-23-8-6-18/h9-10,17H,2-8,11H2,1H3,(H,16,19). The number of ether oxygens (including phenoxy) is 2. The van der Waals surface area contributed by atoms with Crippen molar-refractivity contribution in [1.29, 1.82) is 0 Å². The Labute approximate surface area is 146 Å². The van der Waals surface area contributed by atoms with Crippen LogP contribution in [0, 0.1) is 0 Å². The number of hydrogen-bond donors (Lipinski definition) is 2. The number of esters is 1. The first-order chi connectivity index (χ1) is 11.9. The SMILES string of the molecule is CCCCNC(=O)COC(=O)c1cc(S(=O)(=O)N2CCOCC2)c[nH]1. The number of aromatic amines is 1. The quantitative estimate of drug-likeness (QED) is 0.493. The van der Waals surface area contributed by atoms with E-state index in [4.69, 9.17) is 9.47 Å². The Morgan fingerprint density at radius 3 is 2.76 bits per heavy atom. The maximum Gasteiger partial charge on any atom is 0.355 e. The van der Waals surface area contributed by atoms with Gasteiger partial charge in [-0.05, 0) is 12.5 Å². The molecule has 1 aromatic rings. The zero-order chi connectivity index (χ0) is 18.3. The molecule has 1 amide bonds. The maximum atomic E-state index is 12.5. The predicted molar refractivity (Wildman–Crippen MR) is 88.6 cm³/mol. The molecule has 140 valence electrons. The molecular formula is C15H23N3O6S. The Bertz CT molecular complexity index is 694. The Morgan fingerprint density at radius 1 is 1.36 bits per heavy atom. The molecule has 0 saturated carbocycles. The molecule has 2 rings (SSSR count). The molecule has 25 heavy (non-hydrogen) atoms. The zero-order valence-corrected chi connectivity index (χ0v) is 14.9. The molecule has 0 radical (unpaired) electrons. The number of hydrogen-bond acceptors (Lipinski definition) is 6. The fourth-order valence-corrected chi connectivity index (χ4v) is 3.64. The molecule has 1 aromatic heterocycles. The fourth-order valence-electron chi connectivity index (χ4n) is 2.24. The Morgan fingerprint density at radius 2 is 2.08 bits per heavy atom. The minimum Gasteiger partial charge on any atom is -0.451 e. The molecule has 1 aliphatic heterocycles. The number of rotatable bonds is 8. The van der Waals surface area contributed by atoms with Gasteiger partial charge >= 0.3 is 5.97 Å². The number of nitrogens with one attached hydrogen (secondary N) is 2. The summed E-state index contributed by atoms with van der Waals surface area (Å²) in [6.45, 7) is 3.33. The number of unbranched alkanes of at least 4 members (excludes halogenated alkanes) is 1. The van der Waals surface area contributed by atoms with Crippen molar-refractivity contribution in [1.82, 2.24) is 14.6 Å². The highest BCUT2D eigenvalue weighted by atomic mass is 32.2. The summed E-state index contributed by atoms with van der Waals surface area (Å²) in [6, 6.07) is 1.21. The third-order valence-corrected chi connectivity index (χ3v) is 5.55. The van der Waals surface area contributed by atoms with Crippen LogP contribution in [0.1, 0.15) is 30.3 Å². The minimum absolute atomic E-state index is 0.0197. The second kappa shape index (κ2) is 8.97. The van der Waals surface area contributed by atoms with Crippen LogP contribution in [-0.4, -0.2) is 69.0 Å². The number of nitrogens with zero attached hydrogens (tertiary/aromatic N) is 1. The van der Waals surface area contributed by atoms with Gasteiger partial charge in [0.1, 0.15) is 10.6 Å². The monoisotopic (exact) mass is 373 g/mol. The number of carbonyl (C=O) groups excluding carboxylic acids is 2. The summed E-state index contributed by atoms with van der Waals surface area (Å²) >= 11 is 0. The summed E-state index contributed by atoms with van der Waals surface area (Å²) in [7, 11) is -3.69. The van der Waals surface area contributed by atoms with E-state index in [2.05, 4.69) is 10.3 Å². The summed E-state index contributed by atoms with van der Waals surface area (Å²) in [5, 5.41) is 2.62. The molecule has 9 nitrogen and oxygen atoms in total. The summed E-state index contributed by atoms with van der Waals surface area (Å²) in [4.78, 5) is 26.0. The van der Waals surface area contributed by atoms with Crippen LogP contribution in [0.5, 0.6) is 0 Å². The number of H-pyrrole nitrogens is 1. The lowest BCUT2D eigenvalue weighted by molar-refractivity contribution is -0.124. The van der Waals surface area contributed by atoms with Crippen LogP contribution in [0.3, 0.4) is 0 Å². The molecule has 0 atom stereocenters. The van der Waals surface area contributed by atoms with E-state index in [0.29, 0.717) is 19.8 Å². The van der Waals surface area contributed by atoms with Crippen LogP contribution in [0.4, 0.5) is 0 Å². The first-order valence-corrected chi connectivity index (χ1v) is 9.59. The number of amides is 1. The second-order valence-electron chi connectivity index (χ2n) is 5.55. The highest BCUT2D eigenvalue weighted by molar-refractivity contribution is 7.89. The van der Waals surface area contributed by atoms with E-state index in [-0.39, 0.29) is 23.7 Å². The molecule has 2 heterocycles. The van der Waals surface area contributed by atoms with Gasteiger partial charge in [0, 0.05) is 25.8 Å². The average molecular weight is 373 g/mol. The first-order valence-electron chi connectivity index (χ1n) is 8.15. The first kappa shape index (κ1) is 19.4. The number of morpholine rings is 1. The Balaban J connectivity index is 1.91. The number of carbonyl (C=O) groups is 2. The lowest BCUT2D eigenvalue weighted by Gasteiger charge is -2.25. The van der Waals surface area contributed by atoms with E-state index in [1.54, 1.807) is 0 Å². The molecule has 10 heteroatoms. The van der Waals surface area contributed by atoms with Crippen LogP contribution < -0.4 is 5.32 Å². The predicted octanol–water partition coefficient (Wildman–Crippen LogP) is 0.109. The van der Waals surface area contributed by atoms with Crippen LogP contribution in [-0.2, 0) is 24.3 Å². The summed E-state index contributed by atoms with van der Waals surface area (Å²) in [5.74, 6) is -1.18. The van der Waals surface area contributed by atoms with Crippen molar-refractivity contribution >= 4 is 21.9 Å². The van der Waals surface area contributed by atoms with Crippen molar-refractivity contribution in [2.45, 2.75) is 24.7 Å². The van der Waals surface area contributed by atoms with E-state index in [9.17, 15) is 18.0 Å². The van der Waals surface area contributed by atoms with Gasteiger partial charge in [-0.25, -0.2) is 13.2 Å². The van der Waals surface area contributed by atoms with Gasteiger partial charge in [0.25, 0.3) is 5.91 Å². The van der Waals surface area contributed by atoms with Crippen molar-refractivity contribution in [3.63, 3.8) is 0 Å².